The van der Waals surface area contributed by atoms with E-state index in [1.54, 1.807) is 13.8 Å². The highest BCUT2D eigenvalue weighted by molar-refractivity contribution is 5.73. The van der Waals surface area contributed by atoms with E-state index in [9.17, 15) is 20.1 Å². The molecule has 0 aromatic rings. The van der Waals surface area contributed by atoms with E-state index in [0.717, 1.165) is 0 Å². The summed E-state index contributed by atoms with van der Waals surface area (Å²) in [5.74, 6) is -1.42. The zero-order valence-corrected chi connectivity index (χ0v) is 8.98. The van der Waals surface area contributed by atoms with Gasteiger partial charge in [0.25, 0.3) is 0 Å². The maximum Gasteiger partial charge on any atom is 0.335 e. The van der Waals surface area contributed by atoms with Gasteiger partial charge in [0.2, 0.25) is 0 Å². The van der Waals surface area contributed by atoms with Gasteiger partial charge in [0, 0.05) is 0 Å². The Hall–Kier alpha value is -0.730. The number of carbonyl (C=O) groups is 1. The normalized spacial score (nSPS) is 40.0. The maximum absolute atomic E-state index is 10.7. The molecule has 1 saturated heterocycles. The van der Waals surface area contributed by atoms with Crippen LogP contribution < -0.4 is 0 Å². The SMILES string of the molecule is CC(C)OC1OC(C(=O)O)[C@H](O)[C@H](O)[C@H]1O. The Morgan fingerprint density at radius 2 is 1.75 bits per heavy atom. The van der Waals surface area contributed by atoms with E-state index in [-0.39, 0.29) is 6.10 Å². The Labute approximate surface area is 92.2 Å². The number of hydrogen-bond donors (Lipinski definition) is 4. The lowest BCUT2D eigenvalue weighted by molar-refractivity contribution is -0.301. The number of aliphatic hydroxyl groups is 3. The first-order chi connectivity index (χ1) is 7.34. The van der Waals surface area contributed by atoms with Gasteiger partial charge in [-0.15, -0.1) is 0 Å². The molecule has 1 rings (SSSR count). The lowest BCUT2D eigenvalue weighted by Gasteiger charge is -2.39. The fourth-order valence-electron chi connectivity index (χ4n) is 1.43. The first-order valence-corrected chi connectivity index (χ1v) is 4.92. The van der Waals surface area contributed by atoms with Gasteiger partial charge in [0.15, 0.2) is 12.4 Å². The molecule has 0 saturated carbocycles. The van der Waals surface area contributed by atoms with E-state index in [1.165, 1.54) is 0 Å². The van der Waals surface area contributed by atoms with Crippen molar-refractivity contribution < 1.29 is 34.7 Å². The van der Waals surface area contributed by atoms with Crippen molar-refractivity contribution in [1.82, 2.24) is 0 Å². The molecule has 4 N–H and O–H groups in total. The molecule has 0 bridgehead atoms. The van der Waals surface area contributed by atoms with Crippen LogP contribution in [0.1, 0.15) is 13.8 Å². The number of aliphatic carboxylic acids is 1. The summed E-state index contributed by atoms with van der Waals surface area (Å²) >= 11 is 0. The van der Waals surface area contributed by atoms with Crippen LogP contribution in [0, 0.1) is 0 Å². The van der Waals surface area contributed by atoms with Crippen LogP contribution in [0.2, 0.25) is 0 Å². The summed E-state index contributed by atoms with van der Waals surface area (Å²) in [6.07, 6.45) is -7.95. The molecule has 94 valence electrons. The Morgan fingerprint density at radius 3 is 2.19 bits per heavy atom. The molecule has 0 amide bonds. The predicted octanol–water partition coefficient (Wildman–Crippen LogP) is -1.70. The Kier molecular flexibility index (Phi) is 4.22. The van der Waals surface area contributed by atoms with E-state index < -0.39 is 36.7 Å². The van der Waals surface area contributed by atoms with Crippen molar-refractivity contribution in [3.8, 4) is 0 Å². The van der Waals surface area contributed by atoms with E-state index in [2.05, 4.69) is 0 Å². The minimum absolute atomic E-state index is 0.309. The minimum Gasteiger partial charge on any atom is -0.479 e. The molecular formula is C9H16O7. The number of ether oxygens (including phenoxy) is 2. The van der Waals surface area contributed by atoms with E-state index in [0.29, 0.717) is 0 Å². The van der Waals surface area contributed by atoms with Crippen molar-refractivity contribution >= 4 is 5.97 Å². The third kappa shape index (κ3) is 2.69. The second-order valence-electron chi connectivity index (χ2n) is 3.92. The van der Waals surface area contributed by atoms with E-state index >= 15 is 0 Å². The van der Waals surface area contributed by atoms with Gasteiger partial charge in [0.1, 0.15) is 18.3 Å². The first-order valence-electron chi connectivity index (χ1n) is 4.92. The summed E-state index contributed by atoms with van der Waals surface area (Å²) in [6, 6.07) is 0. The largest absolute Gasteiger partial charge is 0.479 e. The molecule has 0 spiro atoms. The van der Waals surface area contributed by atoms with Gasteiger partial charge in [-0.1, -0.05) is 0 Å². The second-order valence-corrected chi connectivity index (χ2v) is 3.92. The Balaban J connectivity index is 2.77. The van der Waals surface area contributed by atoms with Crippen molar-refractivity contribution in [2.75, 3.05) is 0 Å². The maximum atomic E-state index is 10.7. The monoisotopic (exact) mass is 236 g/mol. The van der Waals surface area contributed by atoms with Crippen molar-refractivity contribution in [3.63, 3.8) is 0 Å². The average molecular weight is 236 g/mol. The minimum atomic E-state index is -1.68. The van der Waals surface area contributed by atoms with Crippen LogP contribution >= 0.6 is 0 Å². The molecule has 1 aliphatic rings. The molecule has 7 nitrogen and oxygen atoms in total. The van der Waals surface area contributed by atoms with Crippen molar-refractivity contribution in [3.05, 3.63) is 0 Å². The molecule has 1 heterocycles. The Bertz CT molecular complexity index is 254. The van der Waals surface area contributed by atoms with Gasteiger partial charge in [0.05, 0.1) is 6.10 Å². The van der Waals surface area contributed by atoms with Crippen LogP contribution in [0.25, 0.3) is 0 Å². The lowest BCUT2D eigenvalue weighted by Crippen LogP contribution is -2.60. The van der Waals surface area contributed by atoms with Crippen molar-refractivity contribution in [2.45, 2.75) is 50.7 Å². The Morgan fingerprint density at radius 1 is 1.19 bits per heavy atom. The standard InChI is InChI=1S/C9H16O7/c1-3(2)15-9-6(12)4(10)5(11)7(16-9)8(13)14/h3-7,9-12H,1-2H3,(H,13,14)/t4-,5+,6+,7?,9?/m0/s1. The van der Waals surface area contributed by atoms with Gasteiger partial charge in [-0.2, -0.15) is 0 Å². The highest BCUT2D eigenvalue weighted by Gasteiger charge is 2.47. The number of carboxylic acids is 1. The molecule has 0 aliphatic carbocycles. The molecule has 16 heavy (non-hydrogen) atoms. The highest BCUT2D eigenvalue weighted by Crippen LogP contribution is 2.23. The van der Waals surface area contributed by atoms with Gasteiger partial charge >= 0.3 is 5.97 Å². The first kappa shape index (κ1) is 13.3. The molecule has 2 unspecified atom stereocenters. The average Bonchev–Trinajstić information content (AvgIpc) is 2.18. The summed E-state index contributed by atoms with van der Waals surface area (Å²) in [7, 11) is 0. The molecule has 7 heteroatoms. The number of aliphatic hydroxyl groups excluding tert-OH is 3. The van der Waals surface area contributed by atoms with Crippen LogP contribution in [0.15, 0.2) is 0 Å². The third-order valence-corrected chi connectivity index (χ3v) is 2.22. The van der Waals surface area contributed by atoms with Crippen LogP contribution in [-0.2, 0) is 14.3 Å². The summed E-state index contributed by atoms with van der Waals surface area (Å²) in [5.41, 5.74) is 0. The van der Waals surface area contributed by atoms with Crippen LogP contribution in [0.3, 0.4) is 0 Å². The number of rotatable bonds is 3. The smallest absolute Gasteiger partial charge is 0.335 e. The number of hydrogen-bond acceptors (Lipinski definition) is 6. The van der Waals surface area contributed by atoms with Crippen LogP contribution in [0.5, 0.6) is 0 Å². The summed E-state index contributed by atoms with van der Waals surface area (Å²) in [5, 5.41) is 37.0. The zero-order valence-electron chi connectivity index (χ0n) is 8.98. The second kappa shape index (κ2) is 5.07. The summed E-state index contributed by atoms with van der Waals surface area (Å²) < 4.78 is 9.97. The van der Waals surface area contributed by atoms with E-state index in [4.69, 9.17) is 14.6 Å². The summed E-state index contributed by atoms with van der Waals surface area (Å²) in [4.78, 5) is 10.7. The highest BCUT2D eigenvalue weighted by atomic mass is 16.7. The number of carboxylic acid groups (broad SMARTS) is 1. The molecule has 0 aromatic heterocycles. The summed E-state index contributed by atoms with van der Waals surface area (Å²) in [6.45, 7) is 3.34. The predicted molar refractivity (Wildman–Crippen MR) is 50.5 cm³/mol. The van der Waals surface area contributed by atoms with Gasteiger partial charge in [-0.05, 0) is 13.8 Å². The molecule has 5 atom stereocenters. The molecule has 0 aromatic carbocycles. The zero-order chi connectivity index (χ0) is 12.5. The van der Waals surface area contributed by atoms with E-state index in [1.807, 2.05) is 0 Å². The van der Waals surface area contributed by atoms with Gasteiger partial charge in [-0.25, -0.2) is 4.79 Å². The van der Waals surface area contributed by atoms with Crippen LogP contribution in [-0.4, -0.2) is 63.2 Å². The topological polar surface area (TPSA) is 116 Å². The van der Waals surface area contributed by atoms with Crippen molar-refractivity contribution in [2.24, 2.45) is 0 Å². The van der Waals surface area contributed by atoms with Crippen molar-refractivity contribution in [1.29, 1.82) is 0 Å². The lowest BCUT2D eigenvalue weighted by atomic mass is 9.99. The van der Waals surface area contributed by atoms with Gasteiger partial charge < -0.3 is 29.9 Å². The fourth-order valence-corrected chi connectivity index (χ4v) is 1.43. The molecule has 1 fully saturated rings. The third-order valence-electron chi connectivity index (χ3n) is 2.22. The fraction of sp³-hybridized carbons (Fsp3) is 0.889. The molecular weight excluding hydrogens is 220 g/mol. The quantitative estimate of drug-likeness (QED) is 0.461. The molecule has 0 radical (unpaired) electrons. The molecule has 1 aliphatic heterocycles. The van der Waals surface area contributed by atoms with Crippen LogP contribution in [0.4, 0.5) is 0 Å². The van der Waals surface area contributed by atoms with Gasteiger partial charge in [-0.3, -0.25) is 0 Å².